The Morgan fingerprint density at radius 2 is 1.82 bits per heavy atom. The third kappa shape index (κ3) is 5.44. The molecule has 4 aromatic rings. The number of ether oxygens (including phenoxy) is 1. The second kappa shape index (κ2) is 9.65. The van der Waals surface area contributed by atoms with Crippen LogP contribution in [0, 0.1) is 26.6 Å². The number of nitrogens with zero attached hydrogens (tertiary/aromatic N) is 3. The van der Waals surface area contributed by atoms with Crippen LogP contribution in [-0.2, 0) is 22.7 Å². The molecule has 0 aliphatic heterocycles. The van der Waals surface area contributed by atoms with Gasteiger partial charge in [0, 0.05) is 22.9 Å². The molecule has 0 saturated carbocycles. The van der Waals surface area contributed by atoms with Crippen LogP contribution in [0.5, 0.6) is 0 Å². The molecule has 0 amide bonds. The van der Waals surface area contributed by atoms with Gasteiger partial charge in [0.2, 0.25) is 5.89 Å². The van der Waals surface area contributed by atoms with Gasteiger partial charge < -0.3 is 9.15 Å². The number of oxazole rings is 1. The summed E-state index contributed by atoms with van der Waals surface area (Å²) in [4.78, 5) is 16.3. The standard InChI is InChI=1S/C26H24FN3O3/c1-17-4-6-20(7-5-17)15-30-19(3)23(18(2)29-30)12-13-26(31)32-16-25-28-14-24(33-25)21-8-10-22(27)11-9-21/h4-14H,15-16H2,1-3H3/b13-12+. The van der Waals surface area contributed by atoms with Gasteiger partial charge in [-0.3, -0.25) is 4.68 Å². The van der Waals surface area contributed by atoms with Gasteiger partial charge in [-0.2, -0.15) is 5.10 Å². The average Bonchev–Trinajstić information content (AvgIpc) is 3.38. The number of aromatic nitrogens is 3. The summed E-state index contributed by atoms with van der Waals surface area (Å²) in [5.41, 5.74) is 5.75. The van der Waals surface area contributed by atoms with E-state index in [2.05, 4.69) is 41.3 Å². The second-order valence-corrected chi connectivity index (χ2v) is 7.79. The second-order valence-electron chi connectivity index (χ2n) is 7.79. The number of esters is 1. The highest BCUT2D eigenvalue weighted by Gasteiger charge is 2.11. The Labute approximate surface area is 191 Å². The molecule has 0 fully saturated rings. The molecule has 6 nitrogen and oxygen atoms in total. The molecule has 2 aromatic carbocycles. The highest BCUT2D eigenvalue weighted by molar-refractivity contribution is 5.87. The molecule has 4 rings (SSSR count). The number of hydrogen-bond acceptors (Lipinski definition) is 5. The lowest BCUT2D eigenvalue weighted by molar-refractivity contribution is -0.139. The molecule has 0 unspecified atom stereocenters. The molecule has 0 spiro atoms. The average molecular weight is 445 g/mol. The minimum Gasteiger partial charge on any atom is -0.453 e. The van der Waals surface area contributed by atoms with Crippen molar-refractivity contribution in [1.29, 1.82) is 0 Å². The van der Waals surface area contributed by atoms with Gasteiger partial charge in [-0.25, -0.2) is 14.2 Å². The van der Waals surface area contributed by atoms with E-state index in [9.17, 15) is 9.18 Å². The van der Waals surface area contributed by atoms with Crippen LogP contribution in [0.15, 0.2) is 65.2 Å². The molecule has 2 aromatic heterocycles. The Morgan fingerprint density at radius 3 is 2.55 bits per heavy atom. The van der Waals surface area contributed by atoms with Crippen molar-refractivity contribution in [2.75, 3.05) is 0 Å². The first-order valence-electron chi connectivity index (χ1n) is 10.5. The fourth-order valence-corrected chi connectivity index (χ4v) is 3.43. The van der Waals surface area contributed by atoms with Gasteiger partial charge in [0.1, 0.15) is 5.82 Å². The predicted octanol–water partition coefficient (Wildman–Crippen LogP) is 5.41. The highest BCUT2D eigenvalue weighted by atomic mass is 19.1. The van der Waals surface area contributed by atoms with Gasteiger partial charge in [0.25, 0.3) is 0 Å². The smallest absolute Gasteiger partial charge is 0.331 e. The van der Waals surface area contributed by atoms with Crippen molar-refractivity contribution >= 4 is 12.0 Å². The number of carbonyl (C=O) groups excluding carboxylic acids is 1. The van der Waals surface area contributed by atoms with Crippen molar-refractivity contribution in [3.63, 3.8) is 0 Å². The van der Waals surface area contributed by atoms with Crippen LogP contribution in [0.4, 0.5) is 4.39 Å². The normalized spacial score (nSPS) is 11.3. The van der Waals surface area contributed by atoms with Crippen LogP contribution < -0.4 is 0 Å². The topological polar surface area (TPSA) is 70.2 Å². The lowest BCUT2D eigenvalue weighted by Crippen LogP contribution is -2.04. The quantitative estimate of drug-likeness (QED) is 0.281. The largest absolute Gasteiger partial charge is 0.453 e. The van der Waals surface area contributed by atoms with Crippen LogP contribution in [0.3, 0.4) is 0 Å². The number of hydrogen-bond donors (Lipinski definition) is 0. The van der Waals surface area contributed by atoms with E-state index in [0.717, 1.165) is 22.5 Å². The van der Waals surface area contributed by atoms with E-state index in [0.29, 0.717) is 17.9 Å². The highest BCUT2D eigenvalue weighted by Crippen LogP contribution is 2.21. The van der Waals surface area contributed by atoms with E-state index < -0.39 is 5.97 Å². The maximum atomic E-state index is 13.1. The number of benzene rings is 2. The van der Waals surface area contributed by atoms with Gasteiger partial charge in [-0.05, 0) is 56.7 Å². The summed E-state index contributed by atoms with van der Waals surface area (Å²) in [6, 6.07) is 14.2. The Bertz CT molecular complexity index is 1290. The first kappa shape index (κ1) is 22.2. The molecule has 0 aliphatic rings. The zero-order valence-corrected chi connectivity index (χ0v) is 18.7. The van der Waals surface area contributed by atoms with Crippen LogP contribution in [0.1, 0.15) is 34.0 Å². The van der Waals surface area contributed by atoms with Crippen molar-refractivity contribution in [2.45, 2.75) is 33.9 Å². The Kier molecular flexibility index (Phi) is 6.49. The first-order chi connectivity index (χ1) is 15.9. The maximum Gasteiger partial charge on any atom is 0.331 e. The van der Waals surface area contributed by atoms with E-state index in [-0.39, 0.29) is 18.3 Å². The van der Waals surface area contributed by atoms with Gasteiger partial charge in [-0.1, -0.05) is 29.8 Å². The summed E-state index contributed by atoms with van der Waals surface area (Å²) < 4.78 is 25.8. The van der Waals surface area contributed by atoms with Crippen LogP contribution in [-0.4, -0.2) is 20.7 Å². The van der Waals surface area contributed by atoms with E-state index >= 15 is 0 Å². The number of halogens is 1. The molecule has 0 radical (unpaired) electrons. The summed E-state index contributed by atoms with van der Waals surface area (Å²) in [5, 5.41) is 4.60. The lowest BCUT2D eigenvalue weighted by atomic mass is 10.1. The molecule has 168 valence electrons. The van der Waals surface area contributed by atoms with Gasteiger partial charge in [0.05, 0.1) is 18.4 Å². The Morgan fingerprint density at radius 1 is 1.09 bits per heavy atom. The molecule has 33 heavy (non-hydrogen) atoms. The van der Waals surface area contributed by atoms with Crippen LogP contribution >= 0.6 is 0 Å². The molecule has 0 bridgehead atoms. The third-order valence-electron chi connectivity index (χ3n) is 5.30. The fourth-order valence-electron chi connectivity index (χ4n) is 3.43. The van der Waals surface area contributed by atoms with Crippen molar-refractivity contribution in [3.8, 4) is 11.3 Å². The Hall–Kier alpha value is -4.00. The van der Waals surface area contributed by atoms with Crippen molar-refractivity contribution < 1.29 is 18.3 Å². The molecule has 0 saturated heterocycles. The van der Waals surface area contributed by atoms with Gasteiger partial charge >= 0.3 is 5.97 Å². The fraction of sp³-hybridized carbons (Fsp3) is 0.192. The first-order valence-corrected chi connectivity index (χ1v) is 10.5. The van der Waals surface area contributed by atoms with E-state index in [1.54, 1.807) is 18.2 Å². The molecular formula is C26H24FN3O3. The monoisotopic (exact) mass is 445 g/mol. The molecule has 0 aliphatic carbocycles. The summed E-state index contributed by atoms with van der Waals surface area (Å²) in [6.45, 7) is 6.50. The van der Waals surface area contributed by atoms with Gasteiger partial charge in [-0.15, -0.1) is 0 Å². The number of aryl methyl sites for hydroxylation is 2. The zero-order valence-electron chi connectivity index (χ0n) is 18.7. The SMILES string of the molecule is Cc1ccc(Cn2nc(C)c(/C=C/C(=O)OCc3ncc(-c4ccc(F)cc4)o3)c2C)cc1. The summed E-state index contributed by atoms with van der Waals surface area (Å²) in [7, 11) is 0. The molecule has 0 N–H and O–H groups in total. The van der Waals surface area contributed by atoms with Crippen LogP contribution in [0.25, 0.3) is 17.4 Å². The molecule has 0 atom stereocenters. The summed E-state index contributed by atoms with van der Waals surface area (Å²) in [6.07, 6.45) is 4.60. The third-order valence-corrected chi connectivity index (χ3v) is 5.30. The van der Waals surface area contributed by atoms with Crippen molar-refractivity contribution in [3.05, 3.63) is 101 Å². The number of carbonyl (C=O) groups is 1. The van der Waals surface area contributed by atoms with E-state index in [1.807, 2.05) is 18.5 Å². The van der Waals surface area contributed by atoms with Crippen molar-refractivity contribution in [1.82, 2.24) is 14.8 Å². The van der Waals surface area contributed by atoms with Crippen molar-refractivity contribution in [2.24, 2.45) is 0 Å². The summed E-state index contributed by atoms with van der Waals surface area (Å²) >= 11 is 0. The van der Waals surface area contributed by atoms with E-state index in [4.69, 9.17) is 9.15 Å². The van der Waals surface area contributed by atoms with E-state index in [1.165, 1.54) is 30.0 Å². The zero-order chi connectivity index (χ0) is 23.4. The minimum atomic E-state index is -0.512. The molecular weight excluding hydrogens is 421 g/mol. The molecule has 2 heterocycles. The molecule has 7 heteroatoms. The predicted molar refractivity (Wildman–Crippen MR) is 123 cm³/mol. The van der Waals surface area contributed by atoms with Gasteiger partial charge in [0.15, 0.2) is 12.4 Å². The lowest BCUT2D eigenvalue weighted by Gasteiger charge is -2.05. The number of rotatable bonds is 7. The van der Waals surface area contributed by atoms with Crippen LogP contribution in [0.2, 0.25) is 0 Å². The Balaban J connectivity index is 1.36. The minimum absolute atomic E-state index is 0.102. The maximum absolute atomic E-state index is 13.1. The summed E-state index contributed by atoms with van der Waals surface area (Å²) in [5.74, 6) is -0.106.